The second-order valence-corrected chi connectivity index (χ2v) is 5.17. The molecule has 0 radical (unpaired) electrons. The molecule has 2 N–H and O–H groups in total. The van der Waals surface area contributed by atoms with Crippen LogP contribution < -0.4 is 4.74 Å². The van der Waals surface area contributed by atoms with Gasteiger partial charge in [-0.25, -0.2) is 0 Å². The number of ketones is 1. The highest BCUT2D eigenvalue weighted by molar-refractivity contribution is 5.95. The lowest BCUT2D eigenvalue weighted by molar-refractivity contribution is -0.132. The smallest absolute Gasteiger partial charge is 0.184 e. The normalized spacial score (nSPS) is 31.6. The molecule has 3 rings (SSSR count). The van der Waals surface area contributed by atoms with E-state index < -0.39 is 11.7 Å². The van der Waals surface area contributed by atoms with Crippen LogP contribution in [0.1, 0.15) is 17.9 Å². The molecule has 2 aliphatic rings. The first kappa shape index (κ1) is 13.1. The maximum absolute atomic E-state index is 11.7. The van der Waals surface area contributed by atoms with E-state index in [-0.39, 0.29) is 24.1 Å². The molecule has 5 heteroatoms. The summed E-state index contributed by atoms with van der Waals surface area (Å²) in [5.74, 6) is 0.215. The summed E-state index contributed by atoms with van der Waals surface area (Å²) in [6, 6.07) is 5.04. The first-order valence-electron chi connectivity index (χ1n) is 6.48. The van der Waals surface area contributed by atoms with Crippen LogP contribution in [0, 0.1) is 0 Å². The Kier molecular flexibility index (Phi) is 3.03. The number of ether oxygens (including phenoxy) is 2. The van der Waals surface area contributed by atoms with Gasteiger partial charge in [0.15, 0.2) is 17.3 Å². The average Bonchev–Trinajstić information content (AvgIpc) is 2.80. The van der Waals surface area contributed by atoms with E-state index in [1.807, 2.05) is 0 Å². The van der Waals surface area contributed by atoms with Crippen molar-refractivity contribution in [2.24, 2.45) is 0 Å². The van der Waals surface area contributed by atoms with E-state index in [0.29, 0.717) is 12.2 Å². The van der Waals surface area contributed by atoms with Crippen LogP contribution >= 0.6 is 0 Å². The summed E-state index contributed by atoms with van der Waals surface area (Å²) in [4.78, 5) is 11.7. The van der Waals surface area contributed by atoms with E-state index >= 15 is 0 Å². The lowest BCUT2D eigenvalue weighted by Gasteiger charge is -2.31. The van der Waals surface area contributed by atoms with Crippen molar-refractivity contribution in [3.8, 4) is 11.5 Å². The fourth-order valence-corrected chi connectivity index (χ4v) is 3.00. The third-order valence-corrected chi connectivity index (χ3v) is 4.10. The minimum Gasteiger partial charge on any atom is -0.504 e. The van der Waals surface area contributed by atoms with Gasteiger partial charge in [0, 0.05) is 5.92 Å². The molecule has 2 aliphatic heterocycles. The molecule has 1 aromatic carbocycles. The molecule has 1 fully saturated rings. The van der Waals surface area contributed by atoms with Gasteiger partial charge in [-0.05, 0) is 36.3 Å². The van der Waals surface area contributed by atoms with Crippen LogP contribution in [0.4, 0.5) is 0 Å². The molecule has 0 amide bonds. The molecule has 0 spiro atoms. The van der Waals surface area contributed by atoms with Gasteiger partial charge in [0.25, 0.3) is 0 Å². The molecule has 5 nitrogen and oxygen atoms in total. The maximum Gasteiger partial charge on any atom is 0.184 e. The van der Waals surface area contributed by atoms with Gasteiger partial charge in [0.2, 0.25) is 0 Å². The fraction of sp³-hybridized carbons (Fsp3) is 0.400. The minimum absolute atomic E-state index is 0.0582. The number of benzene rings is 1. The van der Waals surface area contributed by atoms with Crippen LogP contribution in [0.3, 0.4) is 0 Å². The zero-order valence-corrected chi connectivity index (χ0v) is 11.1. The number of carbonyl (C=O) groups excluding carboxylic acids is 1. The van der Waals surface area contributed by atoms with Gasteiger partial charge >= 0.3 is 0 Å². The summed E-state index contributed by atoms with van der Waals surface area (Å²) in [6.45, 7) is -0.193. The lowest BCUT2D eigenvalue weighted by Crippen LogP contribution is -2.39. The van der Waals surface area contributed by atoms with E-state index in [2.05, 4.69) is 0 Å². The van der Waals surface area contributed by atoms with Gasteiger partial charge in [0.05, 0.1) is 13.7 Å². The Morgan fingerprint density at radius 2 is 2.30 bits per heavy atom. The van der Waals surface area contributed by atoms with Crippen LogP contribution in [-0.4, -0.2) is 41.4 Å². The molecule has 0 aromatic heterocycles. The van der Waals surface area contributed by atoms with Crippen molar-refractivity contribution in [1.82, 2.24) is 0 Å². The largest absolute Gasteiger partial charge is 0.504 e. The monoisotopic (exact) mass is 276 g/mol. The number of phenols is 1. The number of aromatic hydroxyl groups is 1. The van der Waals surface area contributed by atoms with E-state index in [0.717, 1.165) is 5.56 Å². The van der Waals surface area contributed by atoms with Crippen LogP contribution in [0.15, 0.2) is 30.4 Å². The number of aliphatic hydroxyl groups is 1. The lowest BCUT2D eigenvalue weighted by atomic mass is 9.82. The van der Waals surface area contributed by atoms with E-state index in [1.165, 1.54) is 13.2 Å². The van der Waals surface area contributed by atoms with Crippen molar-refractivity contribution in [3.05, 3.63) is 35.9 Å². The second kappa shape index (κ2) is 4.61. The predicted molar refractivity (Wildman–Crippen MR) is 70.9 cm³/mol. The number of aliphatic hydroxyl groups excluding tert-OH is 1. The number of carbonyl (C=O) groups is 1. The van der Waals surface area contributed by atoms with Gasteiger partial charge < -0.3 is 19.7 Å². The van der Waals surface area contributed by atoms with E-state index in [1.54, 1.807) is 24.3 Å². The topological polar surface area (TPSA) is 76.0 Å². The Labute approximate surface area is 116 Å². The highest BCUT2D eigenvalue weighted by Gasteiger charge is 2.51. The van der Waals surface area contributed by atoms with Crippen LogP contribution in [0.2, 0.25) is 0 Å². The first-order valence-corrected chi connectivity index (χ1v) is 6.48. The highest BCUT2D eigenvalue weighted by atomic mass is 16.5. The standard InChI is InChI=1S/C15H16O5/c1-19-13-6-9(2-3-11(13)17)10-7-14-12(18)4-5-15(10,8-16)20-14/h2-6,10,14,16-17H,7-8H2,1H3/t10-,14+,15-/m1/s1. The molecule has 2 bridgehead atoms. The number of phenolic OH excluding ortho intramolecular Hbond substituents is 1. The summed E-state index contributed by atoms with van der Waals surface area (Å²) in [5, 5.41) is 19.4. The van der Waals surface area contributed by atoms with Gasteiger partial charge in [0.1, 0.15) is 11.7 Å². The molecule has 20 heavy (non-hydrogen) atoms. The van der Waals surface area contributed by atoms with Crippen LogP contribution in [0.5, 0.6) is 11.5 Å². The molecule has 0 saturated carbocycles. The third-order valence-electron chi connectivity index (χ3n) is 4.10. The molecule has 0 unspecified atom stereocenters. The third kappa shape index (κ3) is 1.82. The second-order valence-electron chi connectivity index (χ2n) is 5.17. The Morgan fingerprint density at radius 1 is 1.50 bits per heavy atom. The Bertz CT molecular complexity index is 580. The number of fused-ring (bicyclic) bond motifs is 2. The number of rotatable bonds is 3. The Balaban J connectivity index is 2.02. The Hall–Kier alpha value is -1.85. The van der Waals surface area contributed by atoms with Gasteiger partial charge in [-0.15, -0.1) is 0 Å². The van der Waals surface area contributed by atoms with Crippen molar-refractivity contribution in [1.29, 1.82) is 0 Å². The van der Waals surface area contributed by atoms with Crippen molar-refractivity contribution >= 4 is 5.78 Å². The quantitative estimate of drug-likeness (QED) is 0.866. The summed E-state index contributed by atoms with van der Waals surface area (Å²) >= 11 is 0. The molecule has 3 atom stereocenters. The molecule has 0 aliphatic carbocycles. The van der Waals surface area contributed by atoms with Crippen molar-refractivity contribution in [3.63, 3.8) is 0 Å². The number of hydrogen-bond donors (Lipinski definition) is 2. The van der Waals surface area contributed by atoms with Gasteiger partial charge in [-0.2, -0.15) is 0 Å². The Morgan fingerprint density at radius 3 is 3.00 bits per heavy atom. The predicted octanol–water partition coefficient (Wildman–Crippen LogP) is 1.14. The minimum atomic E-state index is -0.861. The first-order chi connectivity index (χ1) is 9.59. The zero-order chi connectivity index (χ0) is 14.3. The summed E-state index contributed by atoms with van der Waals surface area (Å²) < 4.78 is 10.8. The van der Waals surface area contributed by atoms with Crippen molar-refractivity contribution in [2.75, 3.05) is 13.7 Å². The molecule has 106 valence electrons. The van der Waals surface area contributed by atoms with Gasteiger partial charge in [-0.1, -0.05) is 6.07 Å². The number of hydrogen-bond acceptors (Lipinski definition) is 5. The summed E-state index contributed by atoms with van der Waals surface area (Å²) in [6.07, 6.45) is 3.14. The maximum atomic E-state index is 11.7. The van der Waals surface area contributed by atoms with E-state index in [9.17, 15) is 15.0 Å². The molecular weight excluding hydrogens is 260 g/mol. The van der Waals surface area contributed by atoms with Crippen LogP contribution in [0.25, 0.3) is 0 Å². The fourth-order valence-electron chi connectivity index (χ4n) is 3.00. The molecular formula is C15H16O5. The number of methoxy groups -OCH3 is 1. The molecule has 1 saturated heterocycles. The van der Waals surface area contributed by atoms with Crippen molar-refractivity contribution in [2.45, 2.75) is 24.0 Å². The molecule has 2 heterocycles. The summed E-state index contributed by atoms with van der Waals surface area (Å²) in [5.41, 5.74) is 0.0103. The van der Waals surface area contributed by atoms with E-state index in [4.69, 9.17) is 9.47 Å². The van der Waals surface area contributed by atoms with Crippen LogP contribution in [-0.2, 0) is 9.53 Å². The van der Waals surface area contributed by atoms with Gasteiger partial charge in [-0.3, -0.25) is 4.79 Å². The summed E-state index contributed by atoms with van der Waals surface area (Å²) in [7, 11) is 1.48. The zero-order valence-electron chi connectivity index (χ0n) is 11.1. The van der Waals surface area contributed by atoms with Crippen molar-refractivity contribution < 1.29 is 24.5 Å². The highest BCUT2D eigenvalue weighted by Crippen LogP contribution is 2.47. The SMILES string of the molecule is COc1cc([C@H]2C[C@@H]3O[C@@]2(CO)C=CC3=O)ccc1O. The molecule has 1 aromatic rings. The average molecular weight is 276 g/mol.